The highest BCUT2D eigenvalue weighted by Crippen LogP contribution is 2.17. The quantitative estimate of drug-likeness (QED) is 0.700. The molecule has 0 bridgehead atoms. The van der Waals surface area contributed by atoms with Gasteiger partial charge in [0, 0.05) is 44.8 Å². The lowest BCUT2D eigenvalue weighted by atomic mass is 10.2. The zero-order valence-corrected chi connectivity index (χ0v) is 16.7. The van der Waals surface area contributed by atoms with E-state index in [0.717, 1.165) is 37.6 Å². The van der Waals surface area contributed by atoms with Crippen molar-refractivity contribution in [2.75, 3.05) is 33.2 Å². The number of aryl methyl sites for hydroxylation is 1. The van der Waals surface area contributed by atoms with E-state index < -0.39 is 11.2 Å². The number of H-pyrrole nitrogens is 1. The highest BCUT2D eigenvalue weighted by molar-refractivity contribution is 6.30. The summed E-state index contributed by atoms with van der Waals surface area (Å²) in [6, 6.07) is 7.53. The standard InChI is InChI=1S/C19H23ClN6O2/c1-23-7-9-25(10-8-23)12-15-21-17-16(18(27)22-19(28)24(17)2)26(15)11-13-3-5-14(20)6-4-13/h3-6H,7-12H2,1-2H3,(H,22,27,28). The molecular formula is C19H23ClN6O2. The molecule has 0 radical (unpaired) electrons. The van der Waals surface area contributed by atoms with Crippen LogP contribution in [0.2, 0.25) is 5.02 Å². The zero-order valence-electron chi connectivity index (χ0n) is 16.0. The molecule has 3 heterocycles. The van der Waals surface area contributed by atoms with E-state index in [1.807, 2.05) is 28.8 Å². The van der Waals surface area contributed by atoms with E-state index in [2.05, 4.69) is 26.8 Å². The second kappa shape index (κ2) is 7.54. The van der Waals surface area contributed by atoms with Crippen LogP contribution in [0.25, 0.3) is 11.2 Å². The smallest absolute Gasteiger partial charge is 0.317 e. The molecule has 1 aromatic carbocycles. The van der Waals surface area contributed by atoms with Crippen molar-refractivity contribution in [2.45, 2.75) is 13.1 Å². The summed E-state index contributed by atoms with van der Waals surface area (Å²) in [6.45, 7) is 4.99. The zero-order chi connectivity index (χ0) is 19.8. The lowest BCUT2D eigenvalue weighted by molar-refractivity contribution is 0.144. The lowest BCUT2D eigenvalue weighted by Gasteiger charge is -2.32. The maximum absolute atomic E-state index is 12.6. The first-order valence-corrected chi connectivity index (χ1v) is 9.64. The lowest BCUT2D eigenvalue weighted by Crippen LogP contribution is -2.44. The fourth-order valence-electron chi connectivity index (χ4n) is 3.55. The van der Waals surface area contributed by atoms with E-state index in [1.165, 1.54) is 4.57 Å². The van der Waals surface area contributed by atoms with Gasteiger partial charge in [0.05, 0.1) is 6.54 Å². The maximum atomic E-state index is 12.6. The fourth-order valence-corrected chi connectivity index (χ4v) is 3.68. The first-order valence-electron chi connectivity index (χ1n) is 9.26. The van der Waals surface area contributed by atoms with E-state index in [0.29, 0.717) is 29.3 Å². The van der Waals surface area contributed by atoms with Crippen molar-refractivity contribution < 1.29 is 0 Å². The van der Waals surface area contributed by atoms with Crippen LogP contribution < -0.4 is 11.2 Å². The van der Waals surface area contributed by atoms with E-state index >= 15 is 0 Å². The minimum Gasteiger partial charge on any atom is -0.317 e. The molecule has 1 fully saturated rings. The highest BCUT2D eigenvalue weighted by atomic mass is 35.5. The number of nitrogens with one attached hydrogen (secondary N) is 1. The van der Waals surface area contributed by atoms with Crippen molar-refractivity contribution in [3.8, 4) is 0 Å². The Balaban J connectivity index is 1.79. The molecule has 0 amide bonds. The molecule has 3 aromatic rings. The Morgan fingerprint density at radius 1 is 1.04 bits per heavy atom. The topological polar surface area (TPSA) is 79.2 Å². The molecule has 1 aliphatic heterocycles. The van der Waals surface area contributed by atoms with Gasteiger partial charge in [-0.25, -0.2) is 9.78 Å². The third-order valence-electron chi connectivity index (χ3n) is 5.30. The summed E-state index contributed by atoms with van der Waals surface area (Å²) in [7, 11) is 3.74. The summed E-state index contributed by atoms with van der Waals surface area (Å²) in [4.78, 5) is 36.3. The number of rotatable bonds is 4. The fraction of sp³-hybridized carbons (Fsp3) is 0.421. The molecule has 0 spiro atoms. The van der Waals surface area contributed by atoms with Gasteiger partial charge in [0.1, 0.15) is 5.82 Å². The number of hydrogen-bond acceptors (Lipinski definition) is 5. The van der Waals surface area contributed by atoms with E-state index in [-0.39, 0.29) is 0 Å². The second-order valence-electron chi connectivity index (χ2n) is 7.31. The predicted octanol–water partition coefficient (Wildman–Crippen LogP) is 0.872. The highest BCUT2D eigenvalue weighted by Gasteiger charge is 2.21. The molecule has 28 heavy (non-hydrogen) atoms. The van der Waals surface area contributed by atoms with Crippen LogP contribution in [-0.4, -0.2) is 62.1 Å². The van der Waals surface area contributed by atoms with Crippen LogP contribution in [0.5, 0.6) is 0 Å². The van der Waals surface area contributed by atoms with Gasteiger partial charge in [-0.2, -0.15) is 0 Å². The molecule has 1 N–H and O–H groups in total. The Bertz CT molecular complexity index is 1110. The molecule has 8 nitrogen and oxygen atoms in total. The van der Waals surface area contributed by atoms with Crippen molar-refractivity contribution in [3.63, 3.8) is 0 Å². The molecule has 9 heteroatoms. The predicted molar refractivity (Wildman–Crippen MR) is 109 cm³/mol. The normalized spacial score (nSPS) is 16.1. The SMILES string of the molecule is CN1CCN(Cc2nc3c(c(=O)[nH]c(=O)n3C)n2Cc2ccc(Cl)cc2)CC1. The third kappa shape index (κ3) is 3.63. The number of hydrogen-bond donors (Lipinski definition) is 1. The van der Waals surface area contributed by atoms with Gasteiger partial charge >= 0.3 is 5.69 Å². The van der Waals surface area contributed by atoms with E-state index in [4.69, 9.17) is 11.6 Å². The number of nitrogens with zero attached hydrogens (tertiary/aromatic N) is 5. The Hall–Kier alpha value is -2.42. The summed E-state index contributed by atoms with van der Waals surface area (Å²) in [5, 5.41) is 0.664. The average Bonchev–Trinajstić information content (AvgIpc) is 3.02. The summed E-state index contributed by atoms with van der Waals surface area (Å²) < 4.78 is 3.30. The summed E-state index contributed by atoms with van der Waals surface area (Å²) in [6.07, 6.45) is 0. The van der Waals surface area contributed by atoms with E-state index in [9.17, 15) is 9.59 Å². The third-order valence-corrected chi connectivity index (χ3v) is 5.55. The molecule has 0 atom stereocenters. The Labute approximate surface area is 167 Å². The van der Waals surface area contributed by atoms with Crippen LogP contribution in [0.1, 0.15) is 11.4 Å². The average molecular weight is 403 g/mol. The van der Waals surface area contributed by atoms with Gasteiger partial charge in [-0.05, 0) is 24.7 Å². The molecule has 1 aliphatic rings. The molecule has 0 saturated carbocycles. The van der Waals surface area contributed by atoms with Gasteiger partial charge in [0.25, 0.3) is 5.56 Å². The summed E-state index contributed by atoms with van der Waals surface area (Å²) in [5.74, 6) is 0.779. The molecule has 4 rings (SSSR count). The Kier molecular flexibility index (Phi) is 5.09. The molecule has 2 aromatic heterocycles. The van der Waals surface area contributed by atoms with Crippen LogP contribution in [0.4, 0.5) is 0 Å². The number of halogens is 1. The Morgan fingerprint density at radius 2 is 1.71 bits per heavy atom. The second-order valence-corrected chi connectivity index (χ2v) is 7.75. The number of likely N-dealkylation sites (N-methyl/N-ethyl adjacent to an activating group) is 1. The number of aromatic nitrogens is 4. The van der Waals surface area contributed by atoms with Gasteiger partial charge in [0.2, 0.25) is 0 Å². The summed E-state index contributed by atoms with van der Waals surface area (Å²) >= 11 is 6.00. The minimum atomic E-state index is -0.459. The van der Waals surface area contributed by atoms with E-state index in [1.54, 1.807) is 7.05 Å². The Morgan fingerprint density at radius 3 is 2.39 bits per heavy atom. The number of fused-ring (bicyclic) bond motifs is 1. The monoisotopic (exact) mass is 402 g/mol. The van der Waals surface area contributed by atoms with Gasteiger partial charge in [-0.15, -0.1) is 0 Å². The molecule has 0 unspecified atom stereocenters. The molecule has 1 saturated heterocycles. The van der Waals surface area contributed by atoms with Crippen LogP contribution in [0.15, 0.2) is 33.9 Å². The maximum Gasteiger partial charge on any atom is 0.329 e. The van der Waals surface area contributed by atoms with Crippen LogP contribution >= 0.6 is 11.6 Å². The van der Waals surface area contributed by atoms with Crippen molar-refractivity contribution >= 4 is 22.8 Å². The van der Waals surface area contributed by atoms with Crippen molar-refractivity contribution in [3.05, 3.63) is 61.5 Å². The van der Waals surface area contributed by atoms with Crippen molar-refractivity contribution in [1.82, 2.24) is 28.9 Å². The number of piperazine rings is 1. The van der Waals surface area contributed by atoms with Gasteiger partial charge < -0.3 is 9.47 Å². The van der Waals surface area contributed by atoms with Crippen molar-refractivity contribution in [1.29, 1.82) is 0 Å². The molecular weight excluding hydrogens is 380 g/mol. The van der Waals surface area contributed by atoms with Gasteiger partial charge in [0.15, 0.2) is 11.2 Å². The number of benzene rings is 1. The van der Waals surface area contributed by atoms with Crippen LogP contribution in [-0.2, 0) is 20.1 Å². The van der Waals surface area contributed by atoms with Gasteiger partial charge in [-0.1, -0.05) is 23.7 Å². The van der Waals surface area contributed by atoms with Gasteiger partial charge in [-0.3, -0.25) is 19.2 Å². The van der Waals surface area contributed by atoms with Crippen LogP contribution in [0, 0.1) is 0 Å². The van der Waals surface area contributed by atoms with Crippen molar-refractivity contribution in [2.24, 2.45) is 7.05 Å². The first-order chi connectivity index (χ1) is 13.4. The number of imidazole rings is 1. The minimum absolute atomic E-state index is 0.409. The molecule has 148 valence electrons. The largest absolute Gasteiger partial charge is 0.329 e. The first kappa shape index (κ1) is 18.9. The molecule has 0 aliphatic carbocycles. The number of aromatic amines is 1. The summed E-state index contributed by atoms with van der Waals surface area (Å²) in [5.41, 5.74) is 0.966. The van der Waals surface area contributed by atoms with Crippen LogP contribution in [0.3, 0.4) is 0 Å².